The van der Waals surface area contributed by atoms with Gasteiger partial charge in [-0.2, -0.15) is 0 Å². The van der Waals surface area contributed by atoms with E-state index in [0.717, 1.165) is 12.8 Å². The van der Waals surface area contributed by atoms with E-state index in [-0.39, 0.29) is 16.7 Å². The topological polar surface area (TPSA) is 66.4 Å². The molecule has 1 rings (SSSR count). The molecule has 4 nitrogen and oxygen atoms in total. The number of hydrogen-bond acceptors (Lipinski definition) is 3. The SMILES string of the molecule is CCC(CC)NS(=O)(=O)c1cccc(O)c1. The highest BCUT2D eigenvalue weighted by Gasteiger charge is 2.17. The van der Waals surface area contributed by atoms with Gasteiger partial charge < -0.3 is 5.11 Å². The third-order valence-electron chi connectivity index (χ3n) is 2.44. The predicted octanol–water partition coefficient (Wildman–Crippen LogP) is 1.86. The maximum absolute atomic E-state index is 11.9. The van der Waals surface area contributed by atoms with Crippen molar-refractivity contribution in [3.63, 3.8) is 0 Å². The third kappa shape index (κ3) is 3.21. The van der Waals surface area contributed by atoms with Crippen molar-refractivity contribution in [3.05, 3.63) is 24.3 Å². The van der Waals surface area contributed by atoms with Crippen molar-refractivity contribution in [2.24, 2.45) is 0 Å². The van der Waals surface area contributed by atoms with Gasteiger partial charge in [0.1, 0.15) is 5.75 Å². The fourth-order valence-electron chi connectivity index (χ4n) is 1.39. The molecule has 0 unspecified atom stereocenters. The van der Waals surface area contributed by atoms with Gasteiger partial charge in [-0.05, 0) is 31.0 Å². The molecule has 5 heteroatoms. The fraction of sp³-hybridized carbons (Fsp3) is 0.455. The molecule has 0 saturated carbocycles. The summed E-state index contributed by atoms with van der Waals surface area (Å²) < 4.78 is 26.4. The van der Waals surface area contributed by atoms with Gasteiger partial charge in [-0.25, -0.2) is 13.1 Å². The van der Waals surface area contributed by atoms with Crippen LogP contribution < -0.4 is 4.72 Å². The third-order valence-corrected chi connectivity index (χ3v) is 3.95. The molecule has 0 heterocycles. The highest BCUT2D eigenvalue weighted by atomic mass is 32.2. The van der Waals surface area contributed by atoms with Crippen molar-refractivity contribution in [1.29, 1.82) is 0 Å². The van der Waals surface area contributed by atoms with E-state index in [2.05, 4.69) is 4.72 Å². The Balaban J connectivity index is 2.94. The van der Waals surface area contributed by atoms with Gasteiger partial charge in [0.05, 0.1) is 4.90 Å². The second-order valence-corrected chi connectivity index (χ2v) is 5.35. The zero-order valence-electron chi connectivity index (χ0n) is 9.47. The van der Waals surface area contributed by atoms with Crippen LogP contribution in [0.25, 0.3) is 0 Å². The Morgan fingerprint density at radius 2 is 1.94 bits per heavy atom. The zero-order chi connectivity index (χ0) is 12.2. The average molecular weight is 243 g/mol. The van der Waals surface area contributed by atoms with E-state index in [0.29, 0.717) is 0 Å². The first kappa shape index (κ1) is 13.0. The molecule has 16 heavy (non-hydrogen) atoms. The van der Waals surface area contributed by atoms with E-state index in [1.807, 2.05) is 13.8 Å². The first-order chi connectivity index (χ1) is 7.49. The summed E-state index contributed by atoms with van der Waals surface area (Å²) in [5, 5.41) is 9.23. The number of phenols is 1. The van der Waals surface area contributed by atoms with Crippen molar-refractivity contribution in [1.82, 2.24) is 4.72 Å². The van der Waals surface area contributed by atoms with Crippen LogP contribution in [0, 0.1) is 0 Å². The zero-order valence-corrected chi connectivity index (χ0v) is 10.3. The Morgan fingerprint density at radius 3 is 2.44 bits per heavy atom. The molecule has 2 N–H and O–H groups in total. The van der Waals surface area contributed by atoms with Gasteiger partial charge in [0.2, 0.25) is 10.0 Å². The second-order valence-electron chi connectivity index (χ2n) is 3.63. The predicted molar refractivity (Wildman–Crippen MR) is 62.8 cm³/mol. The molecule has 0 aliphatic heterocycles. The van der Waals surface area contributed by atoms with Crippen LogP contribution in [0.3, 0.4) is 0 Å². The summed E-state index contributed by atoms with van der Waals surface area (Å²) in [6.45, 7) is 3.86. The van der Waals surface area contributed by atoms with Crippen LogP contribution in [0.2, 0.25) is 0 Å². The quantitative estimate of drug-likeness (QED) is 0.829. The van der Waals surface area contributed by atoms with Crippen LogP contribution in [0.15, 0.2) is 29.2 Å². The fourth-order valence-corrected chi connectivity index (χ4v) is 2.84. The minimum absolute atomic E-state index is 0.0487. The monoisotopic (exact) mass is 243 g/mol. The molecule has 90 valence electrons. The minimum Gasteiger partial charge on any atom is -0.508 e. The maximum Gasteiger partial charge on any atom is 0.240 e. The Morgan fingerprint density at radius 1 is 1.31 bits per heavy atom. The lowest BCUT2D eigenvalue weighted by molar-refractivity contribution is 0.472. The molecule has 0 spiro atoms. The second kappa shape index (κ2) is 5.32. The highest BCUT2D eigenvalue weighted by molar-refractivity contribution is 7.89. The molecule has 0 saturated heterocycles. The lowest BCUT2D eigenvalue weighted by Gasteiger charge is -2.14. The van der Waals surface area contributed by atoms with Crippen LogP contribution in [0.5, 0.6) is 5.75 Å². The van der Waals surface area contributed by atoms with E-state index in [9.17, 15) is 13.5 Å². The summed E-state index contributed by atoms with van der Waals surface area (Å²) in [4.78, 5) is 0.0967. The first-order valence-corrected chi connectivity index (χ1v) is 6.79. The average Bonchev–Trinajstić information content (AvgIpc) is 2.26. The smallest absolute Gasteiger partial charge is 0.240 e. The lowest BCUT2D eigenvalue weighted by Crippen LogP contribution is -2.33. The van der Waals surface area contributed by atoms with Crippen LogP contribution in [0.4, 0.5) is 0 Å². The molecule has 0 aliphatic rings. The number of nitrogens with one attached hydrogen (secondary N) is 1. The van der Waals surface area contributed by atoms with Crippen LogP contribution in [-0.4, -0.2) is 19.6 Å². The van der Waals surface area contributed by atoms with E-state index < -0.39 is 10.0 Å². The number of sulfonamides is 1. The number of benzene rings is 1. The number of aromatic hydroxyl groups is 1. The molecule has 0 radical (unpaired) electrons. The molecule has 0 amide bonds. The summed E-state index contributed by atoms with van der Waals surface area (Å²) in [5.74, 6) is -0.0487. The normalized spacial score (nSPS) is 11.9. The van der Waals surface area contributed by atoms with Gasteiger partial charge in [0.25, 0.3) is 0 Å². The Hall–Kier alpha value is -1.07. The van der Waals surface area contributed by atoms with Crippen LogP contribution >= 0.6 is 0 Å². The molecule has 0 atom stereocenters. The molecule has 1 aromatic carbocycles. The largest absolute Gasteiger partial charge is 0.508 e. The van der Waals surface area contributed by atoms with Gasteiger partial charge >= 0.3 is 0 Å². The molecule has 1 aromatic rings. The van der Waals surface area contributed by atoms with Gasteiger partial charge in [-0.1, -0.05) is 19.9 Å². The Labute approximate surface area is 96.4 Å². The van der Waals surface area contributed by atoms with Crippen molar-refractivity contribution < 1.29 is 13.5 Å². The number of rotatable bonds is 5. The summed E-state index contributed by atoms with van der Waals surface area (Å²) in [6, 6.07) is 5.59. The lowest BCUT2D eigenvalue weighted by atomic mass is 10.2. The van der Waals surface area contributed by atoms with E-state index in [1.54, 1.807) is 0 Å². The molecular formula is C11H17NO3S. The molecule has 0 aliphatic carbocycles. The van der Waals surface area contributed by atoms with Gasteiger partial charge in [0, 0.05) is 6.04 Å². The Kier molecular flexibility index (Phi) is 4.32. The number of phenolic OH excluding ortho intramolecular Hbond substituents is 1. The minimum atomic E-state index is -3.52. The van der Waals surface area contributed by atoms with E-state index in [4.69, 9.17) is 0 Å². The van der Waals surface area contributed by atoms with Crippen LogP contribution in [-0.2, 0) is 10.0 Å². The summed E-state index contributed by atoms with van der Waals surface area (Å²) in [5.41, 5.74) is 0. The summed E-state index contributed by atoms with van der Waals surface area (Å²) in [6.07, 6.45) is 1.49. The molecule has 0 aromatic heterocycles. The van der Waals surface area contributed by atoms with Gasteiger partial charge in [-0.3, -0.25) is 0 Å². The maximum atomic E-state index is 11.9. The first-order valence-electron chi connectivity index (χ1n) is 5.31. The van der Waals surface area contributed by atoms with Gasteiger partial charge in [-0.15, -0.1) is 0 Å². The summed E-state index contributed by atoms with van der Waals surface area (Å²) >= 11 is 0. The standard InChI is InChI=1S/C11H17NO3S/c1-3-9(4-2)12-16(14,15)11-7-5-6-10(13)8-11/h5-9,12-13H,3-4H2,1-2H3. The van der Waals surface area contributed by atoms with Crippen molar-refractivity contribution in [3.8, 4) is 5.75 Å². The Bertz CT molecular complexity index is 438. The van der Waals surface area contributed by atoms with Gasteiger partial charge in [0.15, 0.2) is 0 Å². The summed E-state index contributed by atoms with van der Waals surface area (Å²) in [7, 11) is -3.52. The molecular weight excluding hydrogens is 226 g/mol. The molecule has 0 fully saturated rings. The highest BCUT2D eigenvalue weighted by Crippen LogP contribution is 2.16. The van der Waals surface area contributed by atoms with Crippen LogP contribution in [0.1, 0.15) is 26.7 Å². The van der Waals surface area contributed by atoms with E-state index in [1.165, 1.54) is 24.3 Å². The molecule has 0 bridgehead atoms. The van der Waals surface area contributed by atoms with Crippen molar-refractivity contribution in [2.45, 2.75) is 37.6 Å². The van der Waals surface area contributed by atoms with Crippen molar-refractivity contribution in [2.75, 3.05) is 0 Å². The number of hydrogen-bond donors (Lipinski definition) is 2. The van der Waals surface area contributed by atoms with E-state index >= 15 is 0 Å². The van der Waals surface area contributed by atoms with Crippen molar-refractivity contribution >= 4 is 10.0 Å².